The normalized spacial score (nSPS) is 32.5. The Hall–Kier alpha value is -1.06. The third-order valence-electron chi connectivity index (χ3n) is 6.93. The number of nitrogens with one attached hydrogen (secondary N) is 2. The maximum absolute atomic E-state index is 12.6. The van der Waals surface area contributed by atoms with Gasteiger partial charge < -0.3 is 10.6 Å². The van der Waals surface area contributed by atoms with Crippen LogP contribution in [0.1, 0.15) is 91.4 Å². The van der Waals surface area contributed by atoms with Crippen LogP contribution in [0.2, 0.25) is 0 Å². The first-order chi connectivity index (χ1) is 12.3. The van der Waals surface area contributed by atoms with Crippen LogP contribution >= 0.6 is 0 Å². The average Bonchev–Trinajstić information content (AvgIpc) is 3.23. The summed E-state index contributed by atoms with van der Waals surface area (Å²) in [4.78, 5) is 25.0. The zero-order valence-corrected chi connectivity index (χ0v) is 17.0. The third kappa shape index (κ3) is 5.01. The van der Waals surface area contributed by atoms with Gasteiger partial charge in [-0.1, -0.05) is 46.5 Å². The molecule has 2 atom stereocenters. The standard InChI is InChI=1S/C22H38N2O2/c1-21(2)12-18(24-20(26)17-10-6-7-11-17)13-22(3,14-21)15-23-19(25)16-8-4-5-9-16/h16-18H,4-15H2,1-3H3,(H,23,25)(H,24,26). The molecular formula is C22H38N2O2. The van der Waals surface area contributed by atoms with Crippen LogP contribution in [-0.2, 0) is 9.59 Å². The topological polar surface area (TPSA) is 58.2 Å². The Morgan fingerprint density at radius 1 is 0.846 bits per heavy atom. The molecule has 0 bridgehead atoms. The van der Waals surface area contributed by atoms with Crippen molar-refractivity contribution < 1.29 is 9.59 Å². The first-order valence-corrected chi connectivity index (χ1v) is 10.8. The molecule has 0 aliphatic heterocycles. The average molecular weight is 363 g/mol. The lowest BCUT2D eigenvalue weighted by Crippen LogP contribution is -2.51. The molecule has 0 spiro atoms. The van der Waals surface area contributed by atoms with Crippen molar-refractivity contribution in [3.05, 3.63) is 0 Å². The van der Waals surface area contributed by atoms with Crippen LogP contribution in [0.25, 0.3) is 0 Å². The van der Waals surface area contributed by atoms with Crippen molar-refractivity contribution in [1.29, 1.82) is 0 Å². The van der Waals surface area contributed by atoms with E-state index in [2.05, 4.69) is 31.4 Å². The van der Waals surface area contributed by atoms with E-state index < -0.39 is 0 Å². The van der Waals surface area contributed by atoms with E-state index in [1.54, 1.807) is 0 Å². The van der Waals surface area contributed by atoms with Crippen molar-refractivity contribution in [3.63, 3.8) is 0 Å². The summed E-state index contributed by atoms with van der Waals surface area (Å²) in [6, 6.07) is 0.236. The van der Waals surface area contributed by atoms with Crippen molar-refractivity contribution >= 4 is 11.8 Å². The fraction of sp³-hybridized carbons (Fsp3) is 0.909. The van der Waals surface area contributed by atoms with Gasteiger partial charge in [-0.15, -0.1) is 0 Å². The van der Waals surface area contributed by atoms with Gasteiger partial charge in [0, 0.05) is 24.4 Å². The summed E-state index contributed by atoms with van der Waals surface area (Å²) in [5.41, 5.74) is 0.252. The molecule has 0 aromatic carbocycles. The maximum Gasteiger partial charge on any atom is 0.223 e. The molecule has 0 heterocycles. The predicted molar refractivity (Wildman–Crippen MR) is 105 cm³/mol. The van der Waals surface area contributed by atoms with Crippen LogP contribution in [0.5, 0.6) is 0 Å². The van der Waals surface area contributed by atoms with E-state index in [0.717, 1.165) is 51.5 Å². The van der Waals surface area contributed by atoms with Crippen molar-refractivity contribution in [2.75, 3.05) is 6.54 Å². The lowest BCUT2D eigenvalue weighted by Gasteiger charge is -2.47. The molecule has 3 aliphatic carbocycles. The Labute approximate surface area is 159 Å². The van der Waals surface area contributed by atoms with Crippen molar-refractivity contribution in [2.24, 2.45) is 22.7 Å². The second kappa shape index (κ2) is 7.90. The van der Waals surface area contributed by atoms with Crippen molar-refractivity contribution in [2.45, 2.75) is 97.4 Å². The summed E-state index contributed by atoms with van der Waals surface area (Å²) in [6.45, 7) is 7.63. The number of carbonyl (C=O) groups excluding carboxylic acids is 2. The van der Waals surface area contributed by atoms with E-state index in [1.165, 1.54) is 25.7 Å². The Kier molecular flexibility index (Phi) is 5.98. The highest BCUT2D eigenvalue weighted by Crippen LogP contribution is 2.46. The van der Waals surface area contributed by atoms with Gasteiger partial charge in [-0.3, -0.25) is 9.59 Å². The molecule has 4 nitrogen and oxygen atoms in total. The molecule has 148 valence electrons. The molecular weight excluding hydrogens is 324 g/mol. The highest BCUT2D eigenvalue weighted by atomic mass is 16.2. The summed E-state index contributed by atoms with van der Waals surface area (Å²) in [7, 11) is 0. The fourth-order valence-corrected chi connectivity index (χ4v) is 6.01. The van der Waals surface area contributed by atoms with Crippen LogP contribution in [-0.4, -0.2) is 24.4 Å². The molecule has 2 amide bonds. The Morgan fingerprint density at radius 2 is 1.38 bits per heavy atom. The Bertz CT molecular complexity index is 518. The monoisotopic (exact) mass is 362 g/mol. The van der Waals surface area contributed by atoms with Gasteiger partial charge in [0.25, 0.3) is 0 Å². The molecule has 26 heavy (non-hydrogen) atoms. The third-order valence-corrected chi connectivity index (χ3v) is 6.93. The molecule has 4 heteroatoms. The quantitative estimate of drug-likeness (QED) is 0.770. The van der Waals surface area contributed by atoms with Gasteiger partial charge in [0.05, 0.1) is 0 Å². The Morgan fingerprint density at radius 3 is 1.96 bits per heavy atom. The summed E-state index contributed by atoms with van der Waals surface area (Å²) < 4.78 is 0. The molecule has 0 radical (unpaired) electrons. The lowest BCUT2D eigenvalue weighted by molar-refractivity contribution is -0.128. The van der Waals surface area contributed by atoms with Gasteiger partial charge in [-0.2, -0.15) is 0 Å². The van der Waals surface area contributed by atoms with E-state index in [0.29, 0.717) is 0 Å². The van der Waals surface area contributed by atoms with Gasteiger partial charge in [-0.05, 0) is 55.8 Å². The first kappa shape index (κ1) is 19.7. The minimum atomic E-state index is 0.0592. The second-order valence-corrected chi connectivity index (χ2v) is 10.4. The molecule has 3 rings (SSSR count). The maximum atomic E-state index is 12.6. The smallest absolute Gasteiger partial charge is 0.223 e. The Balaban J connectivity index is 1.56. The van der Waals surface area contributed by atoms with Crippen molar-refractivity contribution in [3.8, 4) is 0 Å². The van der Waals surface area contributed by atoms with E-state index >= 15 is 0 Å². The number of amides is 2. The zero-order valence-electron chi connectivity index (χ0n) is 17.0. The van der Waals surface area contributed by atoms with Crippen LogP contribution in [0.15, 0.2) is 0 Å². The van der Waals surface area contributed by atoms with Crippen LogP contribution < -0.4 is 10.6 Å². The number of rotatable bonds is 5. The molecule has 2 N–H and O–H groups in total. The van der Waals surface area contributed by atoms with Gasteiger partial charge >= 0.3 is 0 Å². The first-order valence-electron chi connectivity index (χ1n) is 10.8. The highest BCUT2D eigenvalue weighted by Gasteiger charge is 2.42. The van der Waals surface area contributed by atoms with E-state index in [9.17, 15) is 9.59 Å². The molecule has 3 saturated carbocycles. The van der Waals surface area contributed by atoms with E-state index in [-0.39, 0.29) is 40.5 Å². The van der Waals surface area contributed by atoms with Gasteiger partial charge in [0.1, 0.15) is 0 Å². The zero-order chi connectivity index (χ0) is 18.8. The highest BCUT2D eigenvalue weighted by molar-refractivity contribution is 5.79. The fourth-order valence-electron chi connectivity index (χ4n) is 6.01. The van der Waals surface area contributed by atoms with Gasteiger partial charge in [-0.25, -0.2) is 0 Å². The number of carbonyl (C=O) groups is 2. The molecule has 3 aliphatic rings. The number of hydrogen-bond acceptors (Lipinski definition) is 2. The minimum Gasteiger partial charge on any atom is -0.355 e. The summed E-state index contributed by atoms with van der Waals surface area (Å²) in [5, 5.41) is 6.61. The summed E-state index contributed by atoms with van der Waals surface area (Å²) >= 11 is 0. The van der Waals surface area contributed by atoms with Crippen LogP contribution in [0.4, 0.5) is 0 Å². The van der Waals surface area contributed by atoms with Crippen molar-refractivity contribution in [1.82, 2.24) is 10.6 Å². The molecule has 0 saturated heterocycles. The van der Waals surface area contributed by atoms with E-state index in [1.807, 2.05) is 0 Å². The van der Waals surface area contributed by atoms with Crippen LogP contribution in [0.3, 0.4) is 0 Å². The van der Waals surface area contributed by atoms with Crippen LogP contribution in [0, 0.1) is 22.7 Å². The van der Waals surface area contributed by atoms with Gasteiger partial charge in [0.2, 0.25) is 11.8 Å². The second-order valence-electron chi connectivity index (χ2n) is 10.4. The predicted octanol–water partition coefficient (Wildman–Crippen LogP) is 4.18. The number of hydrogen-bond donors (Lipinski definition) is 2. The summed E-state index contributed by atoms with van der Waals surface area (Å²) in [6.07, 6.45) is 12.1. The SMILES string of the molecule is CC1(C)CC(NC(=O)C2CCCC2)CC(C)(CNC(=O)C2CCCC2)C1. The lowest BCUT2D eigenvalue weighted by atomic mass is 9.62. The molecule has 3 fully saturated rings. The minimum absolute atomic E-state index is 0.0592. The molecule has 2 unspecified atom stereocenters. The molecule has 0 aromatic rings. The van der Waals surface area contributed by atoms with Gasteiger partial charge in [0.15, 0.2) is 0 Å². The van der Waals surface area contributed by atoms with E-state index in [4.69, 9.17) is 0 Å². The summed E-state index contributed by atoms with van der Waals surface area (Å²) in [5.74, 6) is 0.975. The molecule has 0 aromatic heterocycles. The largest absolute Gasteiger partial charge is 0.355 e.